The van der Waals surface area contributed by atoms with Crippen LogP contribution in [0.15, 0.2) is 78.9 Å². The maximum Gasteiger partial charge on any atom is 0.227 e. The Morgan fingerprint density at radius 1 is 0.875 bits per heavy atom. The fraction of sp³-hybridized carbons (Fsp3) is 0.231. The van der Waals surface area contributed by atoms with Gasteiger partial charge in [0.15, 0.2) is 11.5 Å². The third-order valence-corrected chi connectivity index (χ3v) is 5.89. The summed E-state index contributed by atoms with van der Waals surface area (Å²) in [5, 5.41) is 3.17. The van der Waals surface area contributed by atoms with Gasteiger partial charge in [-0.2, -0.15) is 0 Å². The molecule has 0 radical (unpaired) electrons. The van der Waals surface area contributed by atoms with Crippen LogP contribution in [0.5, 0.6) is 11.5 Å². The average Bonchev–Trinajstić information content (AvgIpc) is 3.25. The van der Waals surface area contributed by atoms with Crippen molar-refractivity contribution in [1.82, 2.24) is 5.32 Å². The van der Waals surface area contributed by atoms with Crippen LogP contribution in [0.25, 0.3) is 0 Å². The Hall–Kier alpha value is -3.80. The quantitative estimate of drug-likeness (QED) is 0.673. The van der Waals surface area contributed by atoms with E-state index in [1.54, 1.807) is 4.90 Å². The summed E-state index contributed by atoms with van der Waals surface area (Å²) >= 11 is 0. The van der Waals surface area contributed by atoms with Crippen molar-refractivity contribution in [3.8, 4) is 11.5 Å². The van der Waals surface area contributed by atoms with Gasteiger partial charge in [0.05, 0.1) is 12.0 Å². The highest BCUT2D eigenvalue weighted by atomic mass is 16.6. The molecule has 2 aliphatic heterocycles. The average molecular weight is 428 g/mol. The number of nitrogens with zero attached hydrogens (tertiary/aromatic N) is 1. The van der Waals surface area contributed by atoms with Crippen molar-refractivity contribution in [2.45, 2.75) is 12.5 Å². The second-order valence-electron chi connectivity index (χ2n) is 8.00. The van der Waals surface area contributed by atoms with E-state index in [1.165, 1.54) is 0 Å². The lowest BCUT2D eigenvalue weighted by atomic mass is 9.97. The van der Waals surface area contributed by atoms with Crippen molar-refractivity contribution in [3.05, 3.63) is 90.0 Å². The first kappa shape index (κ1) is 20.1. The first-order chi connectivity index (χ1) is 15.7. The molecule has 6 nitrogen and oxygen atoms in total. The number of ether oxygens (including phenoxy) is 2. The molecule has 6 heteroatoms. The predicted octanol–water partition coefficient (Wildman–Crippen LogP) is 3.72. The Morgan fingerprint density at radius 3 is 2.16 bits per heavy atom. The van der Waals surface area contributed by atoms with Gasteiger partial charge in [0, 0.05) is 24.7 Å². The molecule has 1 unspecified atom stereocenters. The fourth-order valence-corrected chi connectivity index (χ4v) is 4.24. The number of nitrogens with one attached hydrogen (secondary N) is 1. The zero-order valence-electron chi connectivity index (χ0n) is 17.6. The van der Waals surface area contributed by atoms with Gasteiger partial charge in [-0.25, -0.2) is 0 Å². The van der Waals surface area contributed by atoms with E-state index in [9.17, 15) is 9.59 Å². The van der Waals surface area contributed by atoms with Gasteiger partial charge in [-0.1, -0.05) is 60.7 Å². The number of hydrogen-bond donors (Lipinski definition) is 1. The number of rotatable bonds is 5. The molecule has 1 N–H and O–H groups in total. The van der Waals surface area contributed by atoms with E-state index in [2.05, 4.69) is 5.32 Å². The third-order valence-electron chi connectivity index (χ3n) is 5.89. The van der Waals surface area contributed by atoms with Crippen molar-refractivity contribution in [3.63, 3.8) is 0 Å². The molecule has 5 rings (SSSR count). The minimum absolute atomic E-state index is 0.0715. The van der Waals surface area contributed by atoms with E-state index in [0.717, 1.165) is 16.8 Å². The molecule has 1 fully saturated rings. The molecule has 3 aromatic rings. The molecule has 2 aliphatic rings. The molecular formula is C26H24N2O4. The molecule has 2 heterocycles. The Kier molecular flexibility index (Phi) is 5.50. The van der Waals surface area contributed by atoms with E-state index in [1.807, 2.05) is 78.9 Å². The monoisotopic (exact) mass is 428 g/mol. The summed E-state index contributed by atoms with van der Waals surface area (Å²) in [6.07, 6.45) is 0.177. The van der Waals surface area contributed by atoms with Gasteiger partial charge in [-0.3, -0.25) is 9.59 Å². The van der Waals surface area contributed by atoms with Crippen LogP contribution in [0.1, 0.15) is 23.6 Å². The summed E-state index contributed by atoms with van der Waals surface area (Å²) in [6, 6.07) is 24.9. The Bertz CT molecular complexity index is 1080. The highest BCUT2D eigenvalue weighted by molar-refractivity contribution is 6.00. The van der Waals surface area contributed by atoms with Crippen molar-refractivity contribution < 1.29 is 19.1 Å². The maximum absolute atomic E-state index is 13.2. The normalized spacial score (nSPS) is 17.5. The van der Waals surface area contributed by atoms with Gasteiger partial charge >= 0.3 is 0 Å². The summed E-state index contributed by atoms with van der Waals surface area (Å²) in [5.41, 5.74) is 2.72. The van der Waals surface area contributed by atoms with Crippen LogP contribution in [0.3, 0.4) is 0 Å². The van der Waals surface area contributed by atoms with Crippen molar-refractivity contribution >= 4 is 17.5 Å². The molecule has 1 saturated heterocycles. The highest BCUT2D eigenvalue weighted by Gasteiger charge is 2.36. The van der Waals surface area contributed by atoms with Crippen LogP contribution in [-0.2, 0) is 9.59 Å². The number of anilines is 1. The van der Waals surface area contributed by atoms with Crippen molar-refractivity contribution in [1.29, 1.82) is 0 Å². The maximum atomic E-state index is 13.2. The lowest BCUT2D eigenvalue weighted by molar-refractivity contribution is -0.126. The Morgan fingerprint density at radius 2 is 1.50 bits per heavy atom. The molecule has 1 atom stereocenters. The smallest absolute Gasteiger partial charge is 0.227 e. The van der Waals surface area contributed by atoms with Gasteiger partial charge in [-0.15, -0.1) is 0 Å². The van der Waals surface area contributed by atoms with Gasteiger partial charge in [0.25, 0.3) is 0 Å². The van der Waals surface area contributed by atoms with E-state index >= 15 is 0 Å². The van der Waals surface area contributed by atoms with Crippen LogP contribution in [0.2, 0.25) is 0 Å². The molecule has 2 amide bonds. The lowest BCUT2D eigenvalue weighted by Crippen LogP contribution is -2.36. The van der Waals surface area contributed by atoms with E-state index in [0.29, 0.717) is 31.3 Å². The summed E-state index contributed by atoms with van der Waals surface area (Å²) in [7, 11) is 0. The number of fused-ring (bicyclic) bond motifs is 1. The zero-order valence-corrected chi connectivity index (χ0v) is 17.6. The molecule has 0 saturated carbocycles. The van der Waals surface area contributed by atoms with Crippen molar-refractivity contribution in [2.24, 2.45) is 5.92 Å². The molecule has 0 aliphatic carbocycles. The van der Waals surface area contributed by atoms with Crippen LogP contribution >= 0.6 is 0 Å². The van der Waals surface area contributed by atoms with E-state index in [-0.39, 0.29) is 24.3 Å². The first-order valence-electron chi connectivity index (χ1n) is 10.8. The van der Waals surface area contributed by atoms with Gasteiger partial charge < -0.3 is 19.7 Å². The number of carbonyl (C=O) groups is 2. The molecule has 0 bridgehead atoms. The van der Waals surface area contributed by atoms with Crippen LogP contribution < -0.4 is 19.7 Å². The number of benzene rings is 3. The van der Waals surface area contributed by atoms with Gasteiger partial charge in [0.2, 0.25) is 11.8 Å². The summed E-state index contributed by atoms with van der Waals surface area (Å²) in [4.78, 5) is 27.6. The van der Waals surface area contributed by atoms with Crippen LogP contribution in [-0.4, -0.2) is 31.6 Å². The largest absolute Gasteiger partial charge is 0.486 e. The van der Waals surface area contributed by atoms with Gasteiger partial charge in [0.1, 0.15) is 13.2 Å². The van der Waals surface area contributed by atoms with Crippen LogP contribution in [0.4, 0.5) is 5.69 Å². The molecule has 162 valence electrons. The van der Waals surface area contributed by atoms with Gasteiger partial charge in [-0.05, 0) is 23.3 Å². The topological polar surface area (TPSA) is 67.9 Å². The lowest BCUT2D eigenvalue weighted by Gasteiger charge is -2.23. The Balaban J connectivity index is 1.34. The molecule has 0 spiro atoms. The zero-order chi connectivity index (χ0) is 21.9. The number of hydrogen-bond acceptors (Lipinski definition) is 4. The second-order valence-corrected chi connectivity index (χ2v) is 8.00. The number of amides is 2. The minimum Gasteiger partial charge on any atom is -0.486 e. The summed E-state index contributed by atoms with van der Waals surface area (Å²) in [6.45, 7) is 1.33. The molecule has 3 aromatic carbocycles. The van der Waals surface area contributed by atoms with E-state index < -0.39 is 5.92 Å². The molecule has 32 heavy (non-hydrogen) atoms. The Labute approximate surface area is 186 Å². The standard InChI is InChI=1S/C26H24N2O4/c29-24-15-20(17-28(24)21-11-12-22-23(16-21)32-14-13-31-22)26(30)27-25(18-7-3-1-4-8-18)19-9-5-2-6-10-19/h1-12,16,20,25H,13-15,17H2,(H,27,30). The molecule has 0 aromatic heterocycles. The minimum atomic E-state index is -0.425. The second kappa shape index (κ2) is 8.75. The van der Waals surface area contributed by atoms with Crippen LogP contribution in [0, 0.1) is 5.92 Å². The summed E-state index contributed by atoms with van der Waals surface area (Å²) < 4.78 is 11.2. The first-order valence-corrected chi connectivity index (χ1v) is 10.8. The van der Waals surface area contributed by atoms with E-state index in [4.69, 9.17) is 9.47 Å². The summed E-state index contributed by atoms with van der Waals surface area (Å²) in [5.74, 6) is 0.677. The highest BCUT2D eigenvalue weighted by Crippen LogP contribution is 2.36. The van der Waals surface area contributed by atoms with Crippen molar-refractivity contribution in [2.75, 3.05) is 24.7 Å². The fourth-order valence-electron chi connectivity index (χ4n) is 4.24. The SMILES string of the molecule is O=C(NC(c1ccccc1)c1ccccc1)C1CC(=O)N(c2ccc3c(c2)OCCO3)C1. The third kappa shape index (κ3) is 4.04. The number of carbonyl (C=O) groups excluding carboxylic acids is 2. The predicted molar refractivity (Wildman–Crippen MR) is 121 cm³/mol. The molecular weight excluding hydrogens is 404 g/mol.